The van der Waals surface area contributed by atoms with Gasteiger partial charge in [0.25, 0.3) is 11.8 Å². The molecule has 0 unspecified atom stereocenters. The summed E-state index contributed by atoms with van der Waals surface area (Å²) in [4.78, 5) is 57.5. The second-order valence-electron chi connectivity index (χ2n) is 9.94. The summed E-state index contributed by atoms with van der Waals surface area (Å²) in [5, 5.41) is 23.3. The Labute approximate surface area is 254 Å². The fourth-order valence-electron chi connectivity index (χ4n) is 4.30. The largest absolute Gasteiger partial charge is 0.480 e. The van der Waals surface area contributed by atoms with E-state index in [1.165, 1.54) is 36.4 Å². The van der Waals surface area contributed by atoms with E-state index in [0.717, 1.165) is 24.9 Å². The van der Waals surface area contributed by atoms with Gasteiger partial charge in [-0.05, 0) is 49.1 Å². The van der Waals surface area contributed by atoms with Crippen LogP contribution in [0.5, 0.6) is 0 Å². The Kier molecular flexibility index (Phi) is 11.0. The molecule has 234 valence electrons. The molecule has 7 N–H and O–H groups in total. The van der Waals surface area contributed by atoms with Crippen LogP contribution in [0.25, 0.3) is 0 Å². The SMILES string of the molecule is O=C(CCc1ccc(C(=O)NC[C@H](NS(=O)(=O)c2ccccc2C(=O)NC2=NCCCN2)C(=O)O)cc1)NC1=NCCCN1. The van der Waals surface area contributed by atoms with E-state index in [9.17, 15) is 32.7 Å². The fourth-order valence-corrected chi connectivity index (χ4v) is 5.69. The van der Waals surface area contributed by atoms with E-state index in [-0.39, 0.29) is 29.4 Å². The van der Waals surface area contributed by atoms with Gasteiger partial charge in [-0.25, -0.2) is 8.42 Å². The highest BCUT2D eigenvalue weighted by atomic mass is 32.2. The molecule has 0 saturated heterocycles. The standard InChI is InChI=1S/C28H34N8O7S/c37-23(34-27-29-13-3-14-30-27)12-9-18-7-10-19(11-8-18)24(38)33-17-21(26(40)41)36-44(42,43)22-6-2-1-5-20(22)25(39)35-28-31-15-4-16-32-28/h1-2,5-8,10-11,21,36H,3-4,9,12-17H2,(H,33,38)(H,40,41)(H2,29,30,34,37)(H2,31,32,35,39)/t21-/m0/s1. The number of aliphatic carboxylic acids is 1. The minimum atomic E-state index is -4.51. The second-order valence-corrected chi connectivity index (χ2v) is 11.6. The molecule has 2 aliphatic heterocycles. The molecule has 0 spiro atoms. The van der Waals surface area contributed by atoms with Gasteiger partial charge in [-0.3, -0.25) is 39.8 Å². The minimum Gasteiger partial charge on any atom is -0.480 e. The lowest BCUT2D eigenvalue weighted by atomic mass is 10.1. The molecule has 2 heterocycles. The molecule has 0 bridgehead atoms. The Morgan fingerprint density at radius 3 is 2.11 bits per heavy atom. The number of nitrogens with zero attached hydrogens (tertiary/aromatic N) is 2. The molecule has 0 saturated carbocycles. The Morgan fingerprint density at radius 1 is 0.864 bits per heavy atom. The number of carboxylic acids is 1. The van der Waals surface area contributed by atoms with Gasteiger partial charge in [-0.15, -0.1) is 0 Å². The van der Waals surface area contributed by atoms with Crippen LogP contribution in [0, 0.1) is 0 Å². The molecule has 44 heavy (non-hydrogen) atoms. The van der Waals surface area contributed by atoms with Crippen LogP contribution in [0.3, 0.4) is 0 Å². The van der Waals surface area contributed by atoms with Crippen LogP contribution < -0.4 is 31.3 Å². The first-order valence-corrected chi connectivity index (χ1v) is 15.5. The molecule has 0 aliphatic carbocycles. The molecule has 2 aromatic rings. The Balaban J connectivity index is 1.32. The molecule has 2 aliphatic rings. The van der Waals surface area contributed by atoms with E-state index in [1.54, 1.807) is 12.1 Å². The summed E-state index contributed by atoms with van der Waals surface area (Å²) in [6.07, 6.45) is 2.34. The number of guanidine groups is 2. The van der Waals surface area contributed by atoms with Crippen molar-refractivity contribution in [1.29, 1.82) is 0 Å². The summed E-state index contributed by atoms with van der Waals surface area (Å²) in [5.41, 5.74) is 0.813. The zero-order valence-corrected chi connectivity index (χ0v) is 24.6. The molecule has 1 atom stereocenters. The van der Waals surface area contributed by atoms with Crippen LogP contribution in [0.15, 0.2) is 63.4 Å². The van der Waals surface area contributed by atoms with Crippen molar-refractivity contribution in [2.75, 3.05) is 32.7 Å². The van der Waals surface area contributed by atoms with Crippen molar-refractivity contribution in [2.45, 2.75) is 36.6 Å². The van der Waals surface area contributed by atoms with Crippen LogP contribution in [0.1, 0.15) is 45.5 Å². The first kappa shape index (κ1) is 32.1. The van der Waals surface area contributed by atoms with Crippen LogP contribution in [0.2, 0.25) is 0 Å². The van der Waals surface area contributed by atoms with Gasteiger partial charge in [-0.1, -0.05) is 24.3 Å². The molecular weight excluding hydrogens is 592 g/mol. The number of carboxylic acid groups (broad SMARTS) is 1. The van der Waals surface area contributed by atoms with Crippen molar-refractivity contribution in [1.82, 2.24) is 31.3 Å². The van der Waals surface area contributed by atoms with E-state index in [2.05, 4.69) is 41.3 Å². The Morgan fingerprint density at radius 2 is 1.50 bits per heavy atom. The monoisotopic (exact) mass is 626 g/mol. The predicted octanol–water partition coefficient (Wildman–Crippen LogP) is -0.675. The van der Waals surface area contributed by atoms with Crippen molar-refractivity contribution in [3.63, 3.8) is 0 Å². The highest BCUT2D eigenvalue weighted by Gasteiger charge is 2.29. The van der Waals surface area contributed by atoms with Crippen molar-refractivity contribution in [2.24, 2.45) is 9.98 Å². The summed E-state index contributed by atoms with van der Waals surface area (Å²) < 4.78 is 28.4. The number of carbonyl (C=O) groups is 4. The molecule has 0 aromatic heterocycles. The summed E-state index contributed by atoms with van der Waals surface area (Å²) in [6, 6.07) is 10.0. The summed E-state index contributed by atoms with van der Waals surface area (Å²) in [6.45, 7) is 1.96. The van der Waals surface area contributed by atoms with E-state index >= 15 is 0 Å². The normalized spacial score (nSPS) is 15.4. The van der Waals surface area contributed by atoms with Gasteiger partial charge >= 0.3 is 5.97 Å². The number of sulfonamides is 1. The van der Waals surface area contributed by atoms with Crippen LogP contribution in [0.4, 0.5) is 0 Å². The summed E-state index contributed by atoms with van der Waals surface area (Å²) >= 11 is 0. The highest BCUT2D eigenvalue weighted by molar-refractivity contribution is 7.89. The third-order valence-corrected chi connectivity index (χ3v) is 8.15. The average molecular weight is 627 g/mol. The van der Waals surface area contributed by atoms with Gasteiger partial charge in [0.2, 0.25) is 15.9 Å². The molecule has 4 rings (SSSR count). The van der Waals surface area contributed by atoms with Crippen LogP contribution in [-0.2, 0) is 26.0 Å². The van der Waals surface area contributed by atoms with E-state index < -0.39 is 45.3 Å². The number of aliphatic imine (C=N–C) groups is 2. The lowest BCUT2D eigenvalue weighted by Crippen LogP contribution is -2.49. The van der Waals surface area contributed by atoms with E-state index in [0.29, 0.717) is 32.0 Å². The molecular formula is C28H34N8O7S. The van der Waals surface area contributed by atoms with Crippen LogP contribution >= 0.6 is 0 Å². The maximum atomic E-state index is 13.2. The lowest BCUT2D eigenvalue weighted by molar-refractivity contribution is -0.138. The number of nitrogens with one attached hydrogen (secondary N) is 6. The quantitative estimate of drug-likeness (QED) is 0.168. The smallest absolute Gasteiger partial charge is 0.323 e. The van der Waals surface area contributed by atoms with Crippen molar-refractivity contribution < 1.29 is 32.7 Å². The maximum Gasteiger partial charge on any atom is 0.323 e. The maximum absolute atomic E-state index is 13.2. The summed E-state index contributed by atoms with van der Waals surface area (Å²) in [7, 11) is -4.51. The molecule has 3 amide bonds. The number of benzene rings is 2. The molecule has 15 nitrogen and oxygen atoms in total. The number of amides is 3. The average Bonchev–Trinajstić information content (AvgIpc) is 3.03. The summed E-state index contributed by atoms with van der Waals surface area (Å²) in [5.74, 6) is -2.40. The zero-order valence-electron chi connectivity index (χ0n) is 23.8. The second kappa shape index (κ2) is 15.1. The molecule has 16 heteroatoms. The van der Waals surface area contributed by atoms with Gasteiger partial charge < -0.3 is 21.1 Å². The molecule has 2 aromatic carbocycles. The fraction of sp³-hybridized carbons (Fsp3) is 0.357. The number of hydrogen-bond acceptors (Lipinski definition) is 10. The van der Waals surface area contributed by atoms with Gasteiger partial charge in [0, 0.05) is 44.7 Å². The van der Waals surface area contributed by atoms with Crippen molar-refractivity contribution >= 4 is 45.6 Å². The van der Waals surface area contributed by atoms with E-state index in [1.807, 2.05) is 0 Å². The Bertz CT molecular complexity index is 1560. The number of hydrogen-bond donors (Lipinski definition) is 7. The van der Waals surface area contributed by atoms with Gasteiger partial charge in [0.05, 0.1) is 10.5 Å². The minimum absolute atomic E-state index is 0.194. The Hall–Kier alpha value is -4.83. The first-order valence-electron chi connectivity index (χ1n) is 14.0. The topological polar surface area (TPSA) is 220 Å². The first-order chi connectivity index (χ1) is 21.1. The highest BCUT2D eigenvalue weighted by Crippen LogP contribution is 2.16. The third kappa shape index (κ3) is 9.08. The number of rotatable bonds is 11. The number of aryl methyl sites for hydroxylation is 1. The van der Waals surface area contributed by atoms with Crippen molar-refractivity contribution in [3.8, 4) is 0 Å². The zero-order chi connectivity index (χ0) is 31.5. The third-order valence-electron chi connectivity index (χ3n) is 6.62. The van der Waals surface area contributed by atoms with Crippen LogP contribution in [-0.4, -0.2) is 87.9 Å². The number of carbonyl (C=O) groups excluding carboxylic acids is 3. The van der Waals surface area contributed by atoms with Gasteiger partial charge in [0.1, 0.15) is 6.04 Å². The predicted molar refractivity (Wildman–Crippen MR) is 161 cm³/mol. The van der Waals surface area contributed by atoms with Crippen molar-refractivity contribution in [3.05, 3.63) is 65.2 Å². The van der Waals surface area contributed by atoms with Gasteiger partial charge in [-0.2, -0.15) is 4.72 Å². The molecule has 0 fully saturated rings. The molecule has 0 radical (unpaired) electrons. The van der Waals surface area contributed by atoms with Gasteiger partial charge in [0.15, 0.2) is 11.9 Å². The van der Waals surface area contributed by atoms with E-state index in [4.69, 9.17) is 0 Å². The lowest BCUT2D eigenvalue weighted by Gasteiger charge is -2.18.